The van der Waals surface area contributed by atoms with Gasteiger partial charge in [0.25, 0.3) is 5.91 Å². The number of nitrogens with zero attached hydrogens (tertiary/aromatic N) is 1. The van der Waals surface area contributed by atoms with Crippen molar-refractivity contribution < 1.29 is 4.79 Å². The highest BCUT2D eigenvalue weighted by molar-refractivity contribution is 5.94. The maximum atomic E-state index is 12.3. The molecule has 18 heavy (non-hydrogen) atoms. The number of halogens is 1. The second-order valence-corrected chi connectivity index (χ2v) is 4.78. The summed E-state index contributed by atoms with van der Waals surface area (Å²) in [7, 11) is 1.90. The Morgan fingerprint density at radius 2 is 2.00 bits per heavy atom. The number of carbonyl (C=O) groups is 1. The quantitative estimate of drug-likeness (QED) is 0.892. The molecule has 2 rings (SSSR count). The van der Waals surface area contributed by atoms with Gasteiger partial charge in [0.2, 0.25) is 0 Å². The zero-order chi connectivity index (χ0) is 12.3. The Kier molecular flexibility index (Phi) is 5.63. The minimum atomic E-state index is 0. The molecule has 0 radical (unpaired) electrons. The number of aryl methyl sites for hydroxylation is 1. The van der Waals surface area contributed by atoms with Gasteiger partial charge in [-0.25, -0.2) is 0 Å². The van der Waals surface area contributed by atoms with Crippen LogP contribution in [-0.2, 0) is 0 Å². The monoisotopic (exact) mass is 268 g/mol. The Labute approximate surface area is 115 Å². The number of hydrogen-bond donors (Lipinski definition) is 1. The van der Waals surface area contributed by atoms with E-state index in [0.29, 0.717) is 6.04 Å². The van der Waals surface area contributed by atoms with Crippen molar-refractivity contribution in [3.63, 3.8) is 0 Å². The Morgan fingerprint density at radius 3 is 2.56 bits per heavy atom. The Morgan fingerprint density at radius 1 is 1.33 bits per heavy atom. The van der Waals surface area contributed by atoms with Gasteiger partial charge in [0, 0.05) is 25.2 Å². The van der Waals surface area contributed by atoms with Crippen LogP contribution in [0, 0.1) is 6.92 Å². The molecular weight excluding hydrogens is 248 g/mol. The molecule has 1 N–H and O–H groups in total. The average molecular weight is 269 g/mol. The van der Waals surface area contributed by atoms with Crippen molar-refractivity contribution in [1.29, 1.82) is 0 Å². The standard InChI is InChI=1S/C14H20N2O.ClH/c1-11-5-7-12(8-6-11)14(17)16(2)13-4-3-9-15-10-13;/h5-8,13,15H,3-4,9-10H2,1-2H3;1H/t13-;/m1./s1. The number of piperidine rings is 1. The van der Waals surface area contributed by atoms with Gasteiger partial charge in [-0.05, 0) is 38.4 Å². The van der Waals surface area contributed by atoms with Crippen molar-refractivity contribution >= 4 is 18.3 Å². The fourth-order valence-corrected chi connectivity index (χ4v) is 2.23. The molecule has 3 nitrogen and oxygen atoms in total. The van der Waals surface area contributed by atoms with Crippen LogP contribution in [0.4, 0.5) is 0 Å². The molecule has 1 heterocycles. The zero-order valence-electron chi connectivity index (χ0n) is 11.0. The molecule has 1 amide bonds. The van der Waals surface area contributed by atoms with Gasteiger partial charge in [-0.1, -0.05) is 17.7 Å². The van der Waals surface area contributed by atoms with E-state index in [1.807, 2.05) is 43.1 Å². The molecule has 0 unspecified atom stereocenters. The molecule has 100 valence electrons. The fraction of sp³-hybridized carbons (Fsp3) is 0.500. The second kappa shape index (κ2) is 6.76. The molecule has 0 aliphatic carbocycles. The summed E-state index contributed by atoms with van der Waals surface area (Å²) in [4.78, 5) is 14.1. The van der Waals surface area contributed by atoms with Crippen LogP contribution < -0.4 is 5.32 Å². The van der Waals surface area contributed by atoms with Crippen LogP contribution >= 0.6 is 12.4 Å². The molecule has 1 saturated heterocycles. The van der Waals surface area contributed by atoms with E-state index in [1.54, 1.807) is 0 Å². The van der Waals surface area contributed by atoms with Crippen molar-refractivity contribution in [3.05, 3.63) is 35.4 Å². The summed E-state index contributed by atoms with van der Waals surface area (Å²) >= 11 is 0. The summed E-state index contributed by atoms with van der Waals surface area (Å²) in [6.07, 6.45) is 2.25. The predicted molar refractivity (Wildman–Crippen MR) is 76.4 cm³/mol. The van der Waals surface area contributed by atoms with Crippen LogP contribution in [0.5, 0.6) is 0 Å². The van der Waals surface area contributed by atoms with Crippen LogP contribution in [-0.4, -0.2) is 37.0 Å². The number of carbonyl (C=O) groups excluding carboxylic acids is 1. The third-order valence-electron chi connectivity index (χ3n) is 3.44. The van der Waals surface area contributed by atoms with Gasteiger partial charge in [0.05, 0.1) is 0 Å². The van der Waals surface area contributed by atoms with Gasteiger partial charge < -0.3 is 10.2 Å². The van der Waals surface area contributed by atoms with Crippen LogP contribution in [0.25, 0.3) is 0 Å². The van der Waals surface area contributed by atoms with Crippen LogP contribution in [0.2, 0.25) is 0 Å². The molecule has 0 spiro atoms. The van der Waals surface area contributed by atoms with Crippen molar-refractivity contribution in [1.82, 2.24) is 10.2 Å². The molecule has 0 aromatic heterocycles. The topological polar surface area (TPSA) is 32.3 Å². The molecule has 1 aliphatic heterocycles. The Balaban J connectivity index is 0.00000162. The summed E-state index contributed by atoms with van der Waals surface area (Å²) in [6, 6.07) is 8.12. The van der Waals surface area contributed by atoms with Crippen LogP contribution in [0.1, 0.15) is 28.8 Å². The second-order valence-electron chi connectivity index (χ2n) is 4.78. The minimum absolute atomic E-state index is 0. The van der Waals surface area contributed by atoms with Crippen molar-refractivity contribution in [2.45, 2.75) is 25.8 Å². The van der Waals surface area contributed by atoms with Gasteiger partial charge in [-0.3, -0.25) is 4.79 Å². The minimum Gasteiger partial charge on any atom is -0.337 e. The molecule has 4 heteroatoms. The van der Waals surface area contributed by atoms with E-state index in [1.165, 1.54) is 5.56 Å². The zero-order valence-corrected chi connectivity index (χ0v) is 11.8. The highest BCUT2D eigenvalue weighted by Gasteiger charge is 2.22. The molecule has 1 aromatic carbocycles. The van der Waals surface area contributed by atoms with Gasteiger partial charge in [0.1, 0.15) is 0 Å². The first-order valence-electron chi connectivity index (χ1n) is 6.23. The fourth-order valence-electron chi connectivity index (χ4n) is 2.23. The SMILES string of the molecule is Cc1ccc(C(=O)N(C)[C@@H]2CCCNC2)cc1.Cl. The number of nitrogens with one attached hydrogen (secondary N) is 1. The summed E-state index contributed by atoms with van der Waals surface area (Å²) in [5.41, 5.74) is 1.97. The van der Waals surface area contributed by atoms with E-state index >= 15 is 0 Å². The number of benzene rings is 1. The number of hydrogen-bond acceptors (Lipinski definition) is 2. The lowest BCUT2D eigenvalue weighted by Gasteiger charge is -2.31. The molecule has 1 aromatic rings. The highest BCUT2D eigenvalue weighted by atomic mass is 35.5. The van der Waals surface area contributed by atoms with Gasteiger partial charge in [0.15, 0.2) is 0 Å². The number of rotatable bonds is 2. The molecule has 0 saturated carbocycles. The Bertz CT molecular complexity index is 385. The van der Waals surface area contributed by atoms with Crippen LogP contribution in [0.15, 0.2) is 24.3 Å². The maximum Gasteiger partial charge on any atom is 0.253 e. The van der Waals surface area contributed by atoms with Crippen molar-refractivity contribution in [2.24, 2.45) is 0 Å². The first kappa shape index (κ1) is 15.0. The Hall–Kier alpha value is -1.06. The summed E-state index contributed by atoms with van der Waals surface area (Å²) in [6.45, 7) is 4.01. The van der Waals surface area contributed by atoms with Gasteiger partial charge in [-0.15, -0.1) is 12.4 Å². The smallest absolute Gasteiger partial charge is 0.253 e. The van der Waals surface area contributed by atoms with E-state index in [4.69, 9.17) is 0 Å². The highest BCUT2D eigenvalue weighted by Crippen LogP contribution is 2.13. The first-order chi connectivity index (χ1) is 8.18. The molecule has 1 aliphatic rings. The van der Waals surface area contributed by atoms with E-state index in [0.717, 1.165) is 31.5 Å². The predicted octanol–water partition coefficient (Wildman–Crippen LogP) is 2.24. The third-order valence-corrected chi connectivity index (χ3v) is 3.44. The average Bonchev–Trinajstić information content (AvgIpc) is 2.39. The largest absolute Gasteiger partial charge is 0.337 e. The maximum absolute atomic E-state index is 12.3. The number of amides is 1. The van der Waals surface area contributed by atoms with E-state index in [-0.39, 0.29) is 18.3 Å². The summed E-state index contributed by atoms with van der Waals surface area (Å²) in [5, 5.41) is 3.34. The number of likely N-dealkylation sites (N-methyl/N-ethyl adjacent to an activating group) is 1. The lowest BCUT2D eigenvalue weighted by Crippen LogP contribution is -2.46. The molecule has 1 atom stereocenters. The molecule has 0 bridgehead atoms. The normalized spacial score (nSPS) is 18.9. The van der Waals surface area contributed by atoms with Crippen molar-refractivity contribution in [2.75, 3.05) is 20.1 Å². The third kappa shape index (κ3) is 3.47. The summed E-state index contributed by atoms with van der Waals surface area (Å²) < 4.78 is 0. The molecule has 1 fully saturated rings. The summed E-state index contributed by atoms with van der Waals surface area (Å²) in [5.74, 6) is 0.124. The lowest BCUT2D eigenvalue weighted by molar-refractivity contribution is 0.0708. The van der Waals surface area contributed by atoms with Gasteiger partial charge >= 0.3 is 0 Å². The van der Waals surface area contributed by atoms with E-state index < -0.39 is 0 Å². The lowest BCUT2D eigenvalue weighted by atomic mass is 10.0. The van der Waals surface area contributed by atoms with Crippen LogP contribution in [0.3, 0.4) is 0 Å². The van der Waals surface area contributed by atoms with Crippen molar-refractivity contribution in [3.8, 4) is 0 Å². The first-order valence-corrected chi connectivity index (χ1v) is 6.23. The van der Waals surface area contributed by atoms with E-state index in [9.17, 15) is 4.79 Å². The van der Waals surface area contributed by atoms with E-state index in [2.05, 4.69) is 5.32 Å². The van der Waals surface area contributed by atoms with Gasteiger partial charge in [-0.2, -0.15) is 0 Å². The molecular formula is C14H21ClN2O.